The first-order chi connectivity index (χ1) is 13.1. The lowest BCUT2D eigenvalue weighted by molar-refractivity contribution is -0.136. The van der Waals surface area contributed by atoms with Gasteiger partial charge in [0.2, 0.25) is 5.91 Å². The number of ether oxygens (including phenoxy) is 1. The Kier molecular flexibility index (Phi) is 4.88. The molecule has 1 fully saturated rings. The van der Waals surface area contributed by atoms with Crippen LogP contribution >= 0.6 is 0 Å². The third-order valence-corrected chi connectivity index (χ3v) is 5.21. The van der Waals surface area contributed by atoms with Gasteiger partial charge in [-0.1, -0.05) is 32.0 Å². The Morgan fingerprint density at radius 1 is 1.00 bits per heavy atom. The third kappa shape index (κ3) is 3.57. The van der Waals surface area contributed by atoms with E-state index in [9.17, 15) is 4.79 Å². The lowest BCUT2D eigenvalue weighted by Gasteiger charge is -2.33. The summed E-state index contributed by atoms with van der Waals surface area (Å²) in [5, 5.41) is 0. The average Bonchev–Trinajstić information content (AvgIpc) is 3.12. The van der Waals surface area contributed by atoms with Gasteiger partial charge in [0.15, 0.2) is 0 Å². The van der Waals surface area contributed by atoms with Gasteiger partial charge in [0.05, 0.1) is 6.26 Å². The van der Waals surface area contributed by atoms with Crippen molar-refractivity contribution in [1.29, 1.82) is 0 Å². The minimum atomic E-state index is 0.0548. The highest BCUT2D eigenvalue weighted by Gasteiger charge is 2.26. The van der Waals surface area contributed by atoms with E-state index in [1.54, 1.807) is 6.26 Å². The molecule has 1 aromatic rings. The van der Waals surface area contributed by atoms with Crippen molar-refractivity contribution >= 4 is 5.91 Å². The number of carbonyl (C=O) groups excluding carboxylic acids is 1. The lowest BCUT2D eigenvalue weighted by atomic mass is 10.0. The molecule has 3 aliphatic rings. The maximum atomic E-state index is 12.2. The molecule has 0 atom stereocenters. The summed E-state index contributed by atoms with van der Waals surface area (Å²) in [7, 11) is 0. The normalized spacial score (nSPS) is 15.4. The maximum absolute atomic E-state index is 12.2. The summed E-state index contributed by atoms with van der Waals surface area (Å²) in [6, 6.07) is 16.2. The lowest BCUT2D eigenvalue weighted by Crippen LogP contribution is -2.43. The quantitative estimate of drug-likeness (QED) is 0.649. The fourth-order valence-electron chi connectivity index (χ4n) is 3.76. The van der Waals surface area contributed by atoms with Crippen molar-refractivity contribution in [2.45, 2.75) is 32.8 Å². The molecule has 1 aromatic carbocycles. The number of amides is 1. The number of likely N-dealkylation sites (tertiary alicyclic amines) is 1. The van der Waals surface area contributed by atoms with Gasteiger partial charge in [-0.25, -0.2) is 0 Å². The molecule has 1 aliphatic carbocycles. The van der Waals surface area contributed by atoms with Gasteiger partial charge in [0.1, 0.15) is 17.6 Å². The van der Waals surface area contributed by atoms with Gasteiger partial charge in [-0.15, -0.1) is 0 Å². The van der Waals surface area contributed by atoms with E-state index in [1.165, 1.54) is 0 Å². The molecule has 0 bridgehead atoms. The fraction of sp³-hybridized carbons (Fsp3) is 0.348. The first kappa shape index (κ1) is 17.7. The first-order valence-corrected chi connectivity index (χ1v) is 9.64. The van der Waals surface area contributed by atoms with E-state index in [-0.39, 0.29) is 17.9 Å². The van der Waals surface area contributed by atoms with Gasteiger partial charge in [-0.3, -0.25) is 4.79 Å². The summed E-state index contributed by atoms with van der Waals surface area (Å²) >= 11 is 0. The van der Waals surface area contributed by atoms with Crippen LogP contribution in [0.3, 0.4) is 0 Å². The molecule has 2 aliphatic heterocycles. The molecule has 0 N–H and O–H groups in total. The molecule has 27 heavy (non-hydrogen) atoms. The van der Waals surface area contributed by atoms with E-state index in [2.05, 4.69) is 18.2 Å². The van der Waals surface area contributed by atoms with E-state index in [0.717, 1.165) is 54.1 Å². The molecule has 0 aromatic heterocycles. The van der Waals surface area contributed by atoms with Crippen molar-refractivity contribution in [3.63, 3.8) is 0 Å². The maximum Gasteiger partial charge on any atom is 0.225 e. The standard InChI is InChI=1S/C23H25NO3/c1-16(2)23(25)24-13-11-17(12-14-24)27-22-8-4-3-6-20(22)18-9-10-21-19(18)7-5-15-26-21/h3-10,15-17H,11-14H2,1-2H3. The number of hydrogen-bond donors (Lipinski definition) is 0. The highest BCUT2D eigenvalue weighted by atomic mass is 16.5. The largest absolute Gasteiger partial charge is 0.490 e. The van der Waals surface area contributed by atoms with Gasteiger partial charge in [-0.2, -0.15) is 0 Å². The van der Waals surface area contributed by atoms with Crippen LogP contribution in [0.5, 0.6) is 5.75 Å². The Balaban J connectivity index is 1.51. The smallest absolute Gasteiger partial charge is 0.225 e. The number of para-hydroxylation sites is 1. The Bertz CT molecular complexity index is 890. The second-order valence-electron chi connectivity index (χ2n) is 7.43. The van der Waals surface area contributed by atoms with Crippen LogP contribution in [0.2, 0.25) is 0 Å². The molecule has 1 amide bonds. The molecule has 0 saturated carbocycles. The second kappa shape index (κ2) is 7.47. The Morgan fingerprint density at radius 2 is 1.74 bits per heavy atom. The van der Waals surface area contributed by atoms with E-state index in [0.29, 0.717) is 0 Å². The molecule has 0 radical (unpaired) electrons. The molecule has 0 spiro atoms. The average molecular weight is 363 g/mol. The zero-order chi connectivity index (χ0) is 18.8. The summed E-state index contributed by atoms with van der Waals surface area (Å²) in [6.45, 7) is 5.44. The molecular formula is C23H25NO3. The Hall–Kier alpha value is -2.75. The molecule has 0 unspecified atom stereocenters. The molecule has 4 rings (SSSR count). The molecule has 140 valence electrons. The summed E-state index contributed by atoms with van der Waals surface area (Å²) in [6.07, 6.45) is 3.56. The van der Waals surface area contributed by atoms with Crippen LogP contribution in [0.4, 0.5) is 0 Å². The van der Waals surface area contributed by atoms with Crippen molar-refractivity contribution in [2.24, 2.45) is 5.92 Å². The fourth-order valence-corrected chi connectivity index (χ4v) is 3.76. The summed E-state index contributed by atoms with van der Waals surface area (Å²) < 4.78 is 12.0. The number of fused-ring (bicyclic) bond motifs is 1. The number of piperidine rings is 1. The summed E-state index contributed by atoms with van der Waals surface area (Å²) in [5.74, 6) is 2.06. The minimum Gasteiger partial charge on any atom is -0.490 e. The van der Waals surface area contributed by atoms with Crippen LogP contribution in [0.25, 0.3) is 22.5 Å². The molecule has 4 nitrogen and oxygen atoms in total. The highest BCUT2D eigenvalue weighted by Crippen LogP contribution is 2.40. The van der Waals surface area contributed by atoms with E-state index in [4.69, 9.17) is 9.15 Å². The van der Waals surface area contributed by atoms with Crippen LogP contribution in [0.15, 0.2) is 59.2 Å². The number of rotatable bonds is 4. The monoisotopic (exact) mass is 363 g/mol. The van der Waals surface area contributed by atoms with Gasteiger partial charge < -0.3 is 14.1 Å². The van der Waals surface area contributed by atoms with Crippen LogP contribution in [0, 0.1) is 5.92 Å². The second-order valence-corrected chi connectivity index (χ2v) is 7.43. The van der Waals surface area contributed by atoms with Crippen molar-refractivity contribution < 1.29 is 13.9 Å². The number of carbonyl (C=O) groups is 1. The van der Waals surface area contributed by atoms with Gasteiger partial charge in [0, 0.05) is 43.0 Å². The van der Waals surface area contributed by atoms with Crippen LogP contribution in [-0.2, 0) is 4.79 Å². The van der Waals surface area contributed by atoms with Crippen LogP contribution < -0.4 is 4.74 Å². The number of nitrogens with zero attached hydrogens (tertiary/aromatic N) is 1. The van der Waals surface area contributed by atoms with Crippen molar-refractivity contribution in [1.82, 2.24) is 4.90 Å². The summed E-state index contributed by atoms with van der Waals surface area (Å²) in [4.78, 5) is 14.1. The van der Waals surface area contributed by atoms with E-state index < -0.39 is 0 Å². The first-order valence-electron chi connectivity index (χ1n) is 9.64. The van der Waals surface area contributed by atoms with Crippen LogP contribution in [0.1, 0.15) is 26.7 Å². The zero-order valence-corrected chi connectivity index (χ0v) is 15.9. The van der Waals surface area contributed by atoms with E-state index >= 15 is 0 Å². The summed E-state index contributed by atoms with van der Waals surface area (Å²) in [5.41, 5.74) is 3.29. The predicted octanol–water partition coefficient (Wildman–Crippen LogP) is 5.08. The third-order valence-electron chi connectivity index (χ3n) is 5.21. The SMILES string of the molecule is CC(C)C(=O)N1CCC(Oc2ccccc2-c2ccc3occcc2-3)CC1. The predicted molar refractivity (Wildman–Crippen MR) is 106 cm³/mol. The Labute approximate surface area is 160 Å². The van der Waals surface area contributed by atoms with Gasteiger partial charge in [-0.05, 0) is 35.9 Å². The molecular weight excluding hydrogens is 338 g/mol. The van der Waals surface area contributed by atoms with E-state index in [1.807, 2.05) is 49.1 Å². The number of benzene rings is 1. The molecule has 4 heteroatoms. The topological polar surface area (TPSA) is 42.7 Å². The zero-order valence-electron chi connectivity index (χ0n) is 15.9. The van der Waals surface area contributed by atoms with Crippen molar-refractivity contribution in [3.8, 4) is 28.2 Å². The van der Waals surface area contributed by atoms with Gasteiger partial charge in [0.25, 0.3) is 0 Å². The highest BCUT2D eigenvalue weighted by molar-refractivity contribution is 5.86. The van der Waals surface area contributed by atoms with Gasteiger partial charge >= 0.3 is 0 Å². The van der Waals surface area contributed by atoms with Crippen molar-refractivity contribution in [2.75, 3.05) is 13.1 Å². The van der Waals surface area contributed by atoms with Crippen LogP contribution in [-0.4, -0.2) is 30.0 Å². The Morgan fingerprint density at radius 3 is 2.52 bits per heavy atom. The minimum absolute atomic E-state index is 0.0548. The number of hydrogen-bond acceptors (Lipinski definition) is 3. The molecule has 1 saturated heterocycles. The molecule has 2 heterocycles. The van der Waals surface area contributed by atoms with Crippen molar-refractivity contribution in [3.05, 3.63) is 54.8 Å².